The molecule has 156 valence electrons. The van der Waals surface area contributed by atoms with E-state index in [2.05, 4.69) is 30.5 Å². The van der Waals surface area contributed by atoms with Gasteiger partial charge in [-0.15, -0.1) is 0 Å². The summed E-state index contributed by atoms with van der Waals surface area (Å²) in [6.07, 6.45) is 3.98. The third-order valence-electron chi connectivity index (χ3n) is 5.90. The van der Waals surface area contributed by atoms with Crippen LogP contribution in [0, 0.1) is 18.6 Å². The molecule has 0 saturated heterocycles. The number of hydrogen-bond acceptors (Lipinski definition) is 1. The summed E-state index contributed by atoms with van der Waals surface area (Å²) in [6.45, 7) is 6.20. The number of furan rings is 1. The van der Waals surface area contributed by atoms with Gasteiger partial charge in [-0.2, -0.15) is 4.57 Å². The SMILES string of the molecule is Cc1cc(F)c2c(oc3cc(F)ccc32)c1-c1n(-c2ccccc2C(C)C)cc[n+]1C. The molecule has 0 unspecified atom stereocenters. The van der Waals surface area contributed by atoms with E-state index < -0.39 is 5.82 Å². The topological polar surface area (TPSA) is 21.9 Å². The maximum Gasteiger partial charge on any atom is 0.297 e. The summed E-state index contributed by atoms with van der Waals surface area (Å²) in [7, 11) is 1.96. The summed E-state index contributed by atoms with van der Waals surface area (Å²) >= 11 is 0. The highest BCUT2D eigenvalue weighted by Gasteiger charge is 2.29. The van der Waals surface area contributed by atoms with Crippen LogP contribution in [0.15, 0.2) is 65.3 Å². The van der Waals surface area contributed by atoms with E-state index in [0.29, 0.717) is 27.9 Å². The summed E-state index contributed by atoms with van der Waals surface area (Å²) in [6, 6.07) is 14.0. The van der Waals surface area contributed by atoms with Crippen molar-refractivity contribution in [1.82, 2.24) is 4.57 Å². The van der Waals surface area contributed by atoms with Crippen molar-refractivity contribution in [3.05, 3.63) is 83.7 Å². The number of halogens is 2. The molecule has 0 fully saturated rings. The molecule has 0 aliphatic carbocycles. The molecule has 0 atom stereocenters. The van der Waals surface area contributed by atoms with Crippen molar-refractivity contribution in [3.8, 4) is 17.1 Å². The van der Waals surface area contributed by atoms with E-state index in [9.17, 15) is 4.39 Å². The van der Waals surface area contributed by atoms with Crippen molar-refractivity contribution in [2.24, 2.45) is 7.05 Å². The van der Waals surface area contributed by atoms with Gasteiger partial charge in [-0.05, 0) is 42.7 Å². The number of aryl methyl sites for hydroxylation is 2. The van der Waals surface area contributed by atoms with Crippen molar-refractivity contribution in [3.63, 3.8) is 0 Å². The number of aromatic nitrogens is 2. The molecule has 5 rings (SSSR count). The Morgan fingerprint density at radius 2 is 1.81 bits per heavy atom. The van der Waals surface area contributed by atoms with Crippen LogP contribution in [-0.2, 0) is 7.05 Å². The first-order valence-electron chi connectivity index (χ1n) is 10.3. The molecule has 0 spiro atoms. The first-order chi connectivity index (χ1) is 14.9. The van der Waals surface area contributed by atoms with Crippen molar-refractivity contribution < 1.29 is 17.8 Å². The highest BCUT2D eigenvalue weighted by Crippen LogP contribution is 2.39. The lowest BCUT2D eigenvalue weighted by Crippen LogP contribution is -2.29. The van der Waals surface area contributed by atoms with E-state index in [4.69, 9.17) is 4.42 Å². The zero-order valence-corrected chi connectivity index (χ0v) is 17.9. The standard InChI is InChI=1S/C26H23F2N2O/c1-15(2)18-7-5-6-8-21(18)30-12-11-29(4)26(30)23-16(3)13-20(28)24-19-10-9-17(27)14-22(19)31-25(23)24/h5-15H,1-4H3/q+1. The Kier molecular flexibility index (Phi) is 4.43. The summed E-state index contributed by atoms with van der Waals surface area (Å²) in [5, 5.41) is 0.944. The molecule has 3 nitrogen and oxygen atoms in total. The Morgan fingerprint density at radius 1 is 1.03 bits per heavy atom. The third kappa shape index (κ3) is 2.95. The number of rotatable bonds is 3. The van der Waals surface area contributed by atoms with Gasteiger partial charge >= 0.3 is 0 Å². The number of fused-ring (bicyclic) bond motifs is 3. The second-order valence-electron chi connectivity index (χ2n) is 8.31. The van der Waals surface area contributed by atoms with E-state index in [1.54, 1.807) is 6.07 Å². The largest absolute Gasteiger partial charge is 0.455 e. The number of para-hydroxylation sites is 1. The van der Waals surface area contributed by atoms with E-state index in [1.165, 1.54) is 23.8 Å². The smallest absolute Gasteiger partial charge is 0.297 e. The fraction of sp³-hybridized carbons (Fsp3) is 0.192. The van der Waals surface area contributed by atoms with Crippen LogP contribution in [0.2, 0.25) is 0 Å². The summed E-state index contributed by atoms with van der Waals surface area (Å²) < 4.78 is 39.1. The van der Waals surface area contributed by atoms with E-state index in [-0.39, 0.29) is 5.82 Å². The van der Waals surface area contributed by atoms with Crippen LogP contribution in [0.3, 0.4) is 0 Å². The molecule has 0 N–H and O–H groups in total. The number of benzene rings is 3. The van der Waals surface area contributed by atoms with Crippen LogP contribution in [-0.4, -0.2) is 4.57 Å². The quantitative estimate of drug-likeness (QED) is 0.304. The van der Waals surface area contributed by atoms with Crippen LogP contribution in [0.25, 0.3) is 39.0 Å². The lowest BCUT2D eigenvalue weighted by molar-refractivity contribution is -0.659. The van der Waals surface area contributed by atoms with E-state index >= 15 is 4.39 Å². The minimum Gasteiger partial charge on any atom is -0.455 e. The Bertz CT molecular complexity index is 1460. The Balaban J connectivity index is 1.89. The molecular weight excluding hydrogens is 394 g/mol. The average Bonchev–Trinajstić information content (AvgIpc) is 3.29. The average molecular weight is 417 g/mol. The van der Waals surface area contributed by atoms with E-state index in [0.717, 1.165) is 22.6 Å². The normalized spacial score (nSPS) is 11.8. The lowest BCUT2D eigenvalue weighted by Gasteiger charge is -2.12. The van der Waals surface area contributed by atoms with Gasteiger partial charge in [0.05, 0.1) is 12.4 Å². The molecule has 0 saturated carbocycles. The van der Waals surface area contributed by atoms with Gasteiger partial charge in [0.2, 0.25) is 0 Å². The summed E-state index contributed by atoms with van der Waals surface area (Å²) in [5.74, 6) is 0.422. The molecular formula is C26H23F2N2O+. The van der Waals surface area contributed by atoms with Crippen LogP contribution >= 0.6 is 0 Å². The number of imidazole rings is 1. The van der Waals surface area contributed by atoms with Crippen molar-refractivity contribution in [1.29, 1.82) is 0 Å². The van der Waals surface area contributed by atoms with Crippen LogP contribution in [0.4, 0.5) is 8.78 Å². The van der Waals surface area contributed by atoms with Gasteiger partial charge in [0, 0.05) is 17.0 Å². The Hall–Kier alpha value is -3.47. The Morgan fingerprint density at radius 3 is 2.58 bits per heavy atom. The fourth-order valence-electron chi connectivity index (χ4n) is 4.44. The molecule has 0 aliphatic rings. The predicted molar refractivity (Wildman–Crippen MR) is 118 cm³/mol. The highest BCUT2D eigenvalue weighted by atomic mass is 19.1. The van der Waals surface area contributed by atoms with Gasteiger partial charge in [0.1, 0.15) is 40.9 Å². The molecule has 0 bridgehead atoms. The van der Waals surface area contributed by atoms with Crippen molar-refractivity contribution >= 4 is 21.9 Å². The minimum absolute atomic E-state index is 0.334. The Labute approximate surface area is 179 Å². The number of hydrogen-bond donors (Lipinski definition) is 0. The molecule has 0 radical (unpaired) electrons. The monoisotopic (exact) mass is 417 g/mol. The lowest BCUT2D eigenvalue weighted by atomic mass is 10.00. The maximum atomic E-state index is 15.1. The molecule has 31 heavy (non-hydrogen) atoms. The molecule has 0 amide bonds. The van der Waals surface area contributed by atoms with Gasteiger partial charge in [-0.3, -0.25) is 0 Å². The second-order valence-corrected chi connectivity index (χ2v) is 8.31. The molecule has 5 heteroatoms. The maximum absolute atomic E-state index is 15.1. The van der Waals surface area contributed by atoms with Crippen molar-refractivity contribution in [2.75, 3.05) is 0 Å². The zero-order valence-electron chi connectivity index (χ0n) is 17.9. The predicted octanol–water partition coefficient (Wildman–Crippen LogP) is 6.58. The van der Waals surface area contributed by atoms with Crippen LogP contribution in [0.1, 0.15) is 30.9 Å². The van der Waals surface area contributed by atoms with E-state index in [1.807, 2.05) is 43.1 Å². The fourth-order valence-corrected chi connectivity index (χ4v) is 4.44. The van der Waals surface area contributed by atoms with Crippen LogP contribution < -0.4 is 4.57 Å². The first kappa shape index (κ1) is 19.5. The second kappa shape index (κ2) is 7.05. The van der Waals surface area contributed by atoms with Gasteiger partial charge in [0.15, 0.2) is 5.58 Å². The van der Waals surface area contributed by atoms with Gasteiger partial charge < -0.3 is 4.42 Å². The molecule has 2 aromatic heterocycles. The zero-order chi connectivity index (χ0) is 21.9. The molecule has 5 aromatic rings. The van der Waals surface area contributed by atoms with Gasteiger partial charge in [0.25, 0.3) is 5.82 Å². The molecule has 2 heterocycles. The van der Waals surface area contributed by atoms with Crippen LogP contribution in [0.5, 0.6) is 0 Å². The van der Waals surface area contributed by atoms with Crippen molar-refractivity contribution in [2.45, 2.75) is 26.7 Å². The molecule has 0 aliphatic heterocycles. The minimum atomic E-state index is -0.412. The highest BCUT2D eigenvalue weighted by molar-refractivity contribution is 6.10. The van der Waals surface area contributed by atoms with Gasteiger partial charge in [-0.1, -0.05) is 32.0 Å². The third-order valence-corrected chi connectivity index (χ3v) is 5.90. The van der Waals surface area contributed by atoms with Gasteiger partial charge in [-0.25, -0.2) is 13.3 Å². The summed E-state index contributed by atoms with van der Waals surface area (Å²) in [5.41, 5.74) is 4.58. The summed E-state index contributed by atoms with van der Waals surface area (Å²) in [4.78, 5) is 0. The number of nitrogens with zero attached hydrogens (tertiary/aromatic N) is 2. The first-order valence-corrected chi connectivity index (χ1v) is 10.3. The molecule has 3 aromatic carbocycles.